The molecule has 0 aromatic heterocycles. The molecule has 0 bridgehead atoms. The van der Waals surface area contributed by atoms with Crippen molar-refractivity contribution in [3.05, 3.63) is 28.8 Å². The van der Waals surface area contributed by atoms with Gasteiger partial charge in [0.05, 0.1) is 5.02 Å². The van der Waals surface area contributed by atoms with Gasteiger partial charge in [0.1, 0.15) is 5.75 Å². The highest BCUT2D eigenvalue weighted by Crippen LogP contribution is 2.28. The number of carbonyl (C=O) groups is 1. The Bertz CT molecular complexity index is 449. The fraction of sp³-hybridized carbons (Fsp3) is 0.462. The molecule has 2 rings (SSSR count). The summed E-state index contributed by atoms with van der Waals surface area (Å²) in [5.74, 6) is -0.00930. The molecule has 1 aliphatic rings. The number of nitrogens with zero attached hydrogens (tertiary/aromatic N) is 1. The summed E-state index contributed by atoms with van der Waals surface area (Å²) >= 11 is 9.22. The van der Waals surface area contributed by atoms with Crippen molar-refractivity contribution in [2.75, 3.05) is 11.9 Å². The van der Waals surface area contributed by atoms with Crippen LogP contribution in [0.4, 0.5) is 0 Å². The Hall–Kier alpha value is -0.740. The second-order valence-corrected chi connectivity index (χ2v) is 5.64. The number of hydrogen-bond donors (Lipinski definition) is 1. The Balaban J connectivity index is 2.18. The fourth-order valence-corrected chi connectivity index (χ4v) is 2.61. The van der Waals surface area contributed by atoms with Gasteiger partial charge in [-0.15, -0.1) is 0 Å². The van der Waals surface area contributed by atoms with E-state index in [0.29, 0.717) is 18.2 Å². The van der Waals surface area contributed by atoms with Crippen LogP contribution < -0.4 is 0 Å². The van der Waals surface area contributed by atoms with E-state index in [9.17, 15) is 9.90 Å². The predicted molar refractivity (Wildman–Crippen MR) is 75.6 cm³/mol. The molecule has 5 heteroatoms. The van der Waals surface area contributed by atoms with E-state index >= 15 is 0 Å². The Labute approximate surface area is 120 Å². The maximum Gasteiger partial charge on any atom is 0.254 e. The van der Waals surface area contributed by atoms with Gasteiger partial charge in [-0.1, -0.05) is 27.5 Å². The Morgan fingerprint density at radius 3 is 2.72 bits per heavy atom. The molecule has 0 spiro atoms. The number of hydrogen-bond acceptors (Lipinski definition) is 2. The molecule has 0 heterocycles. The highest BCUT2D eigenvalue weighted by Gasteiger charge is 2.29. The minimum Gasteiger partial charge on any atom is -0.506 e. The molecule has 1 aromatic rings. The van der Waals surface area contributed by atoms with E-state index < -0.39 is 0 Å². The summed E-state index contributed by atoms with van der Waals surface area (Å²) in [6.07, 6.45) is 3.34. The first kappa shape index (κ1) is 13.7. The van der Waals surface area contributed by atoms with Crippen molar-refractivity contribution in [1.29, 1.82) is 0 Å². The first-order chi connectivity index (χ1) is 8.63. The van der Waals surface area contributed by atoms with E-state index in [0.717, 1.165) is 18.2 Å². The van der Waals surface area contributed by atoms with Gasteiger partial charge in [-0.25, -0.2) is 0 Å². The maximum absolute atomic E-state index is 12.4. The lowest BCUT2D eigenvalue weighted by Crippen LogP contribution is -2.45. The number of alkyl halides is 1. The normalized spacial score (nSPS) is 15.2. The summed E-state index contributed by atoms with van der Waals surface area (Å²) in [5, 5.41) is 10.4. The van der Waals surface area contributed by atoms with Gasteiger partial charge < -0.3 is 10.0 Å². The minimum absolute atomic E-state index is 0.00361. The van der Waals surface area contributed by atoms with Crippen LogP contribution in [0.5, 0.6) is 5.75 Å². The van der Waals surface area contributed by atoms with Gasteiger partial charge in [-0.2, -0.15) is 0 Å². The Morgan fingerprint density at radius 1 is 1.50 bits per heavy atom. The monoisotopic (exact) mass is 331 g/mol. The summed E-state index contributed by atoms with van der Waals surface area (Å²) < 4.78 is 0. The third-order valence-corrected chi connectivity index (χ3v) is 3.95. The zero-order chi connectivity index (χ0) is 13.1. The van der Waals surface area contributed by atoms with Gasteiger partial charge in [-0.05, 0) is 37.5 Å². The molecule has 1 saturated carbocycles. The molecule has 0 radical (unpaired) electrons. The molecule has 0 aliphatic heterocycles. The summed E-state index contributed by atoms with van der Waals surface area (Å²) in [6.45, 7) is 0.696. The maximum atomic E-state index is 12.4. The minimum atomic E-state index is -0.0129. The molecule has 1 amide bonds. The molecule has 0 saturated heterocycles. The largest absolute Gasteiger partial charge is 0.506 e. The smallest absolute Gasteiger partial charge is 0.254 e. The van der Waals surface area contributed by atoms with E-state index in [-0.39, 0.29) is 16.7 Å². The van der Waals surface area contributed by atoms with E-state index in [1.807, 2.05) is 4.90 Å². The number of benzene rings is 1. The number of phenols is 1. The Kier molecular flexibility index (Phi) is 4.51. The van der Waals surface area contributed by atoms with Crippen LogP contribution in [0.1, 0.15) is 29.6 Å². The number of phenolic OH excluding ortho intramolecular Hbond substituents is 1. The van der Waals surface area contributed by atoms with Gasteiger partial charge in [-0.3, -0.25) is 4.79 Å². The third-order valence-electron chi connectivity index (χ3n) is 3.30. The fourth-order valence-electron chi connectivity index (χ4n) is 2.05. The molecular weight excluding hydrogens is 318 g/mol. The van der Waals surface area contributed by atoms with Crippen LogP contribution in [0.2, 0.25) is 5.02 Å². The van der Waals surface area contributed by atoms with Gasteiger partial charge in [0.2, 0.25) is 0 Å². The second kappa shape index (κ2) is 5.93. The average molecular weight is 333 g/mol. The summed E-state index contributed by atoms with van der Waals surface area (Å²) in [7, 11) is 0. The van der Waals surface area contributed by atoms with Gasteiger partial charge in [0, 0.05) is 23.5 Å². The zero-order valence-electron chi connectivity index (χ0n) is 9.90. The molecule has 0 atom stereocenters. The molecule has 1 N–H and O–H groups in total. The number of aromatic hydroxyl groups is 1. The molecule has 3 nitrogen and oxygen atoms in total. The van der Waals surface area contributed by atoms with Gasteiger partial charge in [0.15, 0.2) is 0 Å². The highest BCUT2D eigenvalue weighted by atomic mass is 79.9. The van der Waals surface area contributed by atoms with Crippen molar-refractivity contribution in [3.8, 4) is 5.75 Å². The van der Waals surface area contributed by atoms with Crippen LogP contribution in [0.3, 0.4) is 0 Å². The van der Waals surface area contributed by atoms with Crippen molar-refractivity contribution in [2.24, 2.45) is 0 Å². The summed E-state index contributed by atoms with van der Waals surface area (Å²) in [6, 6.07) is 4.95. The van der Waals surface area contributed by atoms with Crippen molar-refractivity contribution in [3.63, 3.8) is 0 Å². The van der Waals surface area contributed by atoms with Crippen LogP contribution in [0.15, 0.2) is 18.2 Å². The topological polar surface area (TPSA) is 40.5 Å². The quantitative estimate of drug-likeness (QED) is 0.858. The lowest BCUT2D eigenvalue weighted by atomic mass is 9.91. The van der Waals surface area contributed by atoms with E-state index in [4.69, 9.17) is 11.6 Å². The van der Waals surface area contributed by atoms with Crippen molar-refractivity contribution in [2.45, 2.75) is 25.3 Å². The summed E-state index contributed by atoms with van der Waals surface area (Å²) in [5.41, 5.74) is 0.533. The van der Waals surface area contributed by atoms with Crippen LogP contribution in [0.25, 0.3) is 0 Å². The van der Waals surface area contributed by atoms with Crippen LogP contribution >= 0.6 is 27.5 Å². The highest BCUT2D eigenvalue weighted by molar-refractivity contribution is 9.09. The van der Waals surface area contributed by atoms with E-state index in [1.54, 1.807) is 6.07 Å². The number of carbonyl (C=O) groups excluding carboxylic acids is 1. The molecular formula is C13H15BrClNO2. The Morgan fingerprint density at radius 2 is 2.22 bits per heavy atom. The van der Waals surface area contributed by atoms with Crippen molar-refractivity contribution < 1.29 is 9.90 Å². The molecule has 98 valence electrons. The van der Waals surface area contributed by atoms with E-state index in [1.165, 1.54) is 18.6 Å². The molecule has 1 aromatic carbocycles. The molecule has 1 aliphatic carbocycles. The molecule has 1 fully saturated rings. The van der Waals surface area contributed by atoms with Gasteiger partial charge >= 0.3 is 0 Å². The van der Waals surface area contributed by atoms with Gasteiger partial charge in [0.25, 0.3) is 5.91 Å². The van der Waals surface area contributed by atoms with Crippen LogP contribution in [-0.4, -0.2) is 33.8 Å². The number of amides is 1. The third kappa shape index (κ3) is 2.81. The first-order valence-electron chi connectivity index (χ1n) is 5.99. The van der Waals surface area contributed by atoms with Crippen molar-refractivity contribution in [1.82, 2.24) is 4.90 Å². The molecule has 18 heavy (non-hydrogen) atoms. The predicted octanol–water partition coefficient (Wildman–Crippen LogP) is 3.44. The van der Waals surface area contributed by atoms with E-state index in [2.05, 4.69) is 15.9 Å². The standard InChI is InChI=1S/C13H15BrClNO2/c14-6-7-16(10-2-1-3-10)13(18)9-4-5-12(17)11(15)8-9/h4-5,8,10,17H,1-3,6-7H2. The first-order valence-corrected chi connectivity index (χ1v) is 7.49. The average Bonchev–Trinajstić information content (AvgIpc) is 2.29. The SMILES string of the molecule is O=C(c1ccc(O)c(Cl)c1)N(CCBr)C1CCC1. The van der Waals surface area contributed by atoms with Crippen molar-refractivity contribution >= 4 is 33.4 Å². The lowest BCUT2D eigenvalue weighted by molar-refractivity contribution is 0.0599. The zero-order valence-corrected chi connectivity index (χ0v) is 12.2. The van der Waals surface area contributed by atoms with Crippen LogP contribution in [0, 0.1) is 0 Å². The number of halogens is 2. The summed E-state index contributed by atoms with van der Waals surface area (Å²) in [4.78, 5) is 14.3. The molecule has 0 unspecified atom stereocenters. The van der Waals surface area contributed by atoms with Crippen LogP contribution in [-0.2, 0) is 0 Å². The lowest BCUT2D eigenvalue weighted by Gasteiger charge is -2.37. The second-order valence-electron chi connectivity index (χ2n) is 4.44. The number of rotatable bonds is 4.